The van der Waals surface area contributed by atoms with Gasteiger partial charge in [0.2, 0.25) is 10.0 Å². The summed E-state index contributed by atoms with van der Waals surface area (Å²) in [6, 6.07) is 16.4. The first kappa shape index (κ1) is 25.2. The molecule has 0 aromatic heterocycles. The molecule has 1 N–H and O–H groups in total. The summed E-state index contributed by atoms with van der Waals surface area (Å²) in [5.41, 5.74) is 3.85. The number of nitrogens with zero attached hydrogens (tertiary/aromatic N) is 1. The topological polar surface area (TPSA) is 67.9 Å². The van der Waals surface area contributed by atoms with Crippen LogP contribution < -0.4 is 14.2 Å². The first-order chi connectivity index (χ1) is 16.7. The van der Waals surface area contributed by atoms with Gasteiger partial charge in [0.25, 0.3) is 0 Å². The molecule has 0 saturated carbocycles. The molecule has 0 radical (unpaired) electrons. The molecule has 35 heavy (non-hydrogen) atoms. The quantitative estimate of drug-likeness (QED) is 0.491. The van der Waals surface area contributed by atoms with E-state index in [9.17, 15) is 12.8 Å². The van der Waals surface area contributed by atoms with Crippen molar-refractivity contribution in [2.45, 2.75) is 43.8 Å². The Labute approximate surface area is 206 Å². The molecule has 0 spiro atoms. The predicted octanol–water partition coefficient (Wildman–Crippen LogP) is 4.62. The zero-order valence-electron chi connectivity index (χ0n) is 20.4. The molecule has 8 heteroatoms. The standard InChI is InChI=1S/C27H31FN2O4S/c1-18-8-10-23(11-9-18)35(31,32)29-19(2)27-24-16-26(34-4)25(33-3)15-21(24)12-13-30(27)17-20-6-5-7-22(28)14-20/h5-11,14-16,19,27,29H,12-13,17H2,1-4H3/t19-,27-/m0/s1. The highest BCUT2D eigenvalue weighted by Gasteiger charge is 2.35. The lowest BCUT2D eigenvalue weighted by Crippen LogP contribution is -2.47. The van der Waals surface area contributed by atoms with E-state index in [2.05, 4.69) is 9.62 Å². The number of nitrogens with one attached hydrogen (secondary N) is 1. The third-order valence-electron chi connectivity index (χ3n) is 6.45. The average Bonchev–Trinajstić information content (AvgIpc) is 2.83. The van der Waals surface area contributed by atoms with E-state index in [1.165, 1.54) is 12.1 Å². The molecule has 1 aliphatic heterocycles. The van der Waals surface area contributed by atoms with Gasteiger partial charge in [-0.25, -0.2) is 17.5 Å². The van der Waals surface area contributed by atoms with E-state index >= 15 is 0 Å². The van der Waals surface area contributed by atoms with Crippen LogP contribution in [0.2, 0.25) is 0 Å². The van der Waals surface area contributed by atoms with E-state index in [0.29, 0.717) is 24.6 Å². The van der Waals surface area contributed by atoms with Crippen molar-refractivity contribution in [2.24, 2.45) is 0 Å². The predicted molar refractivity (Wildman–Crippen MR) is 134 cm³/mol. The molecule has 0 amide bonds. The van der Waals surface area contributed by atoms with Gasteiger partial charge in [0.05, 0.1) is 25.2 Å². The van der Waals surface area contributed by atoms with E-state index in [0.717, 1.165) is 28.7 Å². The second-order valence-electron chi connectivity index (χ2n) is 8.92. The summed E-state index contributed by atoms with van der Waals surface area (Å²) in [7, 11) is -0.576. The molecular weight excluding hydrogens is 467 g/mol. The number of methoxy groups -OCH3 is 2. The van der Waals surface area contributed by atoms with Crippen LogP contribution in [0.25, 0.3) is 0 Å². The van der Waals surface area contributed by atoms with Gasteiger partial charge in [0.15, 0.2) is 11.5 Å². The summed E-state index contributed by atoms with van der Waals surface area (Å²) < 4.78 is 54.3. The van der Waals surface area contributed by atoms with Crippen molar-refractivity contribution >= 4 is 10.0 Å². The van der Waals surface area contributed by atoms with Crippen molar-refractivity contribution in [1.29, 1.82) is 0 Å². The van der Waals surface area contributed by atoms with E-state index < -0.39 is 16.1 Å². The number of rotatable bonds is 8. The number of halogens is 1. The zero-order chi connectivity index (χ0) is 25.2. The molecule has 0 unspecified atom stereocenters. The van der Waals surface area contributed by atoms with Gasteiger partial charge >= 0.3 is 0 Å². The highest BCUT2D eigenvalue weighted by molar-refractivity contribution is 7.89. The lowest BCUT2D eigenvalue weighted by molar-refractivity contribution is 0.150. The van der Waals surface area contributed by atoms with E-state index in [1.807, 2.05) is 32.0 Å². The van der Waals surface area contributed by atoms with Crippen molar-refractivity contribution in [1.82, 2.24) is 9.62 Å². The molecule has 186 valence electrons. The largest absolute Gasteiger partial charge is 0.493 e. The first-order valence-electron chi connectivity index (χ1n) is 11.5. The van der Waals surface area contributed by atoms with Crippen LogP contribution in [0.15, 0.2) is 65.6 Å². The maximum absolute atomic E-state index is 13.9. The molecule has 0 aliphatic carbocycles. The lowest BCUT2D eigenvalue weighted by atomic mass is 9.88. The van der Waals surface area contributed by atoms with Crippen molar-refractivity contribution in [2.75, 3.05) is 20.8 Å². The average molecular weight is 499 g/mol. The Morgan fingerprint density at radius 1 is 1.06 bits per heavy atom. The van der Waals surface area contributed by atoms with Crippen LogP contribution >= 0.6 is 0 Å². The van der Waals surface area contributed by atoms with Gasteiger partial charge in [0.1, 0.15) is 5.82 Å². The molecule has 0 bridgehead atoms. The molecule has 2 atom stereocenters. The lowest BCUT2D eigenvalue weighted by Gasteiger charge is -2.41. The summed E-state index contributed by atoms with van der Waals surface area (Å²) >= 11 is 0. The Bertz CT molecular complexity index is 1300. The Morgan fingerprint density at radius 2 is 1.74 bits per heavy atom. The SMILES string of the molecule is COc1cc2c(cc1OC)[C@H]([C@H](C)NS(=O)(=O)c1ccc(C)cc1)N(Cc1cccc(F)c1)CC2. The summed E-state index contributed by atoms with van der Waals surface area (Å²) in [6.07, 6.45) is 0.749. The number of ether oxygens (including phenoxy) is 2. The first-order valence-corrected chi connectivity index (χ1v) is 13.0. The minimum atomic E-state index is -3.75. The van der Waals surface area contributed by atoms with Gasteiger partial charge in [-0.1, -0.05) is 29.8 Å². The normalized spacial score (nSPS) is 17.0. The van der Waals surface area contributed by atoms with E-state index in [4.69, 9.17) is 9.47 Å². The second kappa shape index (κ2) is 10.4. The molecule has 4 rings (SSSR count). The van der Waals surface area contributed by atoms with E-state index in [1.54, 1.807) is 44.6 Å². The highest BCUT2D eigenvalue weighted by Crippen LogP contribution is 2.40. The zero-order valence-corrected chi connectivity index (χ0v) is 21.2. The Balaban J connectivity index is 1.72. The van der Waals surface area contributed by atoms with Crippen molar-refractivity contribution in [3.05, 3.63) is 88.7 Å². The van der Waals surface area contributed by atoms with Crippen LogP contribution in [-0.2, 0) is 23.0 Å². The van der Waals surface area contributed by atoms with Crippen LogP contribution in [0.3, 0.4) is 0 Å². The number of hydrogen-bond acceptors (Lipinski definition) is 5. The molecule has 0 saturated heterocycles. The van der Waals surface area contributed by atoms with Crippen LogP contribution in [0.1, 0.15) is 35.2 Å². The molecule has 3 aromatic carbocycles. The Kier molecular flexibility index (Phi) is 7.44. The van der Waals surface area contributed by atoms with Crippen molar-refractivity contribution in [3.8, 4) is 11.5 Å². The van der Waals surface area contributed by atoms with Gasteiger partial charge < -0.3 is 9.47 Å². The maximum atomic E-state index is 13.9. The smallest absolute Gasteiger partial charge is 0.240 e. The van der Waals surface area contributed by atoms with Gasteiger partial charge in [-0.15, -0.1) is 0 Å². The number of hydrogen-bond donors (Lipinski definition) is 1. The summed E-state index contributed by atoms with van der Waals surface area (Å²) in [6.45, 7) is 4.94. The maximum Gasteiger partial charge on any atom is 0.240 e. The van der Waals surface area contributed by atoms with Gasteiger partial charge in [-0.3, -0.25) is 4.90 Å². The highest BCUT2D eigenvalue weighted by atomic mass is 32.2. The molecule has 3 aromatic rings. The van der Waals surface area contributed by atoms with Crippen LogP contribution in [0.5, 0.6) is 11.5 Å². The molecule has 0 fully saturated rings. The Hall–Kier alpha value is -2.94. The molecule has 1 heterocycles. The monoisotopic (exact) mass is 498 g/mol. The van der Waals surface area contributed by atoms with E-state index in [-0.39, 0.29) is 16.8 Å². The fourth-order valence-electron chi connectivity index (χ4n) is 4.76. The fourth-order valence-corrected chi connectivity index (χ4v) is 6.00. The van der Waals surface area contributed by atoms with Gasteiger partial charge in [-0.05, 0) is 73.4 Å². The summed E-state index contributed by atoms with van der Waals surface area (Å²) in [5.74, 6) is 0.921. The van der Waals surface area contributed by atoms with Crippen LogP contribution in [0, 0.1) is 12.7 Å². The molecule has 6 nitrogen and oxygen atoms in total. The minimum Gasteiger partial charge on any atom is -0.493 e. The van der Waals surface area contributed by atoms with Crippen LogP contribution in [0.4, 0.5) is 4.39 Å². The van der Waals surface area contributed by atoms with Crippen LogP contribution in [-0.4, -0.2) is 40.1 Å². The van der Waals surface area contributed by atoms with Crippen molar-refractivity contribution < 1.29 is 22.3 Å². The number of fused-ring (bicyclic) bond motifs is 1. The number of sulfonamides is 1. The summed E-state index contributed by atoms with van der Waals surface area (Å²) in [5, 5.41) is 0. The van der Waals surface area contributed by atoms with Gasteiger partial charge in [0, 0.05) is 19.1 Å². The third-order valence-corrected chi connectivity index (χ3v) is 8.02. The summed E-state index contributed by atoms with van der Waals surface area (Å²) in [4.78, 5) is 2.40. The molecular formula is C27H31FN2O4S. The van der Waals surface area contributed by atoms with Gasteiger partial charge in [-0.2, -0.15) is 0 Å². The number of aryl methyl sites for hydroxylation is 1. The molecule has 1 aliphatic rings. The Morgan fingerprint density at radius 3 is 2.40 bits per heavy atom. The fraction of sp³-hybridized carbons (Fsp3) is 0.333. The second-order valence-corrected chi connectivity index (χ2v) is 10.6. The number of benzene rings is 3. The minimum absolute atomic E-state index is 0.218. The third kappa shape index (κ3) is 5.50. The van der Waals surface area contributed by atoms with Crippen molar-refractivity contribution in [3.63, 3.8) is 0 Å².